The van der Waals surface area contributed by atoms with E-state index in [1.807, 2.05) is 0 Å². The number of aliphatic hydroxyl groups is 2. The predicted octanol–water partition coefficient (Wildman–Crippen LogP) is 25.5. The highest BCUT2D eigenvalue weighted by Crippen LogP contribution is 2.45. The third kappa shape index (κ3) is 83.7. The quantitative estimate of drug-likeness (QED) is 0.0146. The van der Waals surface area contributed by atoms with E-state index in [-0.39, 0.29) is 19.3 Å². The number of allylic oxidation sites excluding steroid dienone is 28. The van der Waals surface area contributed by atoms with Gasteiger partial charge in [-0.25, -0.2) is 9.13 Å². The molecule has 0 bridgehead atoms. The van der Waals surface area contributed by atoms with Gasteiger partial charge in [0, 0.05) is 19.3 Å². The minimum atomic E-state index is -4.95. The van der Waals surface area contributed by atoms with Gasteiger partial charge in [0.1, 0.15) is 25.4 Å². The summed E-state index contributed by atoms with van der Waals surface area (Å²) in [6.07, 6.45) is 106. The van der Waals surface area contributed by atoms with E-state index < -0.39 is 91.5 Å². The second-order valence-corrected chi connectivity index (χ2v) is 30.8. The van der Waals surface area contributed by atoms with Gasteiger partial charge >= 0.3 is 33.6 Å². The predicted molar refractivity (Wildman–Crippen MR) is 454 cm³/mol. The van der Waals surface area contributed by atoms with E-state index in [2.05, 4.69) is 191 Å². The van der Waals surface area contributed by atoms with E-state index in [1.165, 1.54) is 103 Å². The van der Waals surface area contributed by atoms with Crippen molar-refractivity contribution in [2.45, 2.75) is 347 Å². The molecule has 0 radical (unpaired) electrons. The Bertz CT molecular complexity index is 2660. The second kappa shape index (κ2) is 82.4. The fraction of sp³-hybridized carbons (Fsp3) is 0.659. The number of aliphatic hydroxyl groups excluding tert-OH is 2. The van der Waals surface area contributed by atoms with Crippen LogP contribution in [-0.2, 0) is 55.8 Å². The average molecular weight is 1560 g/mol. The number of unbranched alkanes of at least 4 members (excludes halogenated alkanes) is 28. The smallest absolute Gasteiger partial charge is 0.463 e. The maximum atomic E-state index is 13.0. The molecule has 0 amide bonds. The summed E-state index contributed by atoms with van der Waals surface area (Å²) in [5.74, 6) is -1.62. The molecule has 109 heavy (non-hydrogen) atoms. The Labute approximate surface area is 662 Å². The highest BCUT2D eigenvalue weighted by Gasteiger charge is 2.29. The van der Waals surface area contributed by atoms with E-state index in [4.69, 9.17) is 32.3 Å². The lowest BCUT2D eigenvalue weighted by Gasteiger charge is -2.21. The van der Waals surface area contributed by atoms with E-state index in [9.17, 15) is 43.5 Å². The number of hydrogen-bond donors (Lipinski definition) is 4. The van der Waals surface area contributed by atoms with Gasteiger partial charge in [0.25, 0.3) is 0 Å². The van der Waals surface area contributed by atoms with Crippen LogP contribution in [0.2, 0.25) is 0 Å². The maximum Gasteiger partial charge on any atom is 0.472 e. The monoisotopic (exact) mass is 1560 g/mol. The summed E-state index contributed by atoms with van der Waals surface area (Å²) in [4.78, 5) is 58.7. The molecule has 0 heterocycles. The molecule has 0 aromatic rings. The van der Waals surface area contributed by atoms with Crippen molar-refractivity contribution >= 4 is 33.6 Å². The molecule has 5 atom stereocenters. The van der Waals surface area contributed by atoms with Crippen molar-refractivity contribution in [1.82, 2.24) is 0 Å². The average Bonchev–Trinajstić information content (AvgIpc) is 0.902. The molecule has 0 spiro atoms. The summed E-state index contributed by atoms with van der Waals surface area (Å²) in [6.45, 7) is 2.39. The summed E-state index contributed by atoms with van der Waals surface area (Å²) in [6, 6.07) is 0. The van der Waals surface area contributed by atoms with Gasteiger partial charge < -0.3 is 34.2 Å². The lowest BCUT2D eigenvalue weighted by atomic mass is 10.0. The number of esters is 3. The van der Waals surface area contributed by atoms with Gasteiger partial charge in [0.05, 0.1) is 26.4 Å². The first-order valence-corrected chi connectivity index (χ1v) is 45.4. The van der Waals surface area contributed by atoms with Gasteiger partial charge in [-0.2, -0.15) is 0 Å². The van der Waals surface area contributed by atoms with Crippen molar-refractivity contribution in [3.05, 3.63) is 170 Å². The first kappa shape index (κ1) is 104. The molecule has 0 aromatic heterocycles. The van der Waals surface area contributed by atoms with Gasteiger partial charge in [0.15, 0.2) is 6.10 Å². The standard InChI is InChI=1S/C91H152O16P2/c1-4-7-10-13-16-19-22-25-28-30-32-34-36-37-38-39-40-41-42-43-44-45-46-47-49-51-52-54-57-59-62-65-68-71-74-77-89(94)101-80-86(92)81-103-108(97,98)104-82-87(93)83-105-109(99,100)106-85-88(107-91(96)79-76-73-70-67-64-61-56-27-24-21-18-15-12-9-6-3)84-102-90(95)78-75-72-69-66-63-60-58-55-53-50-48-35-33-31-29-26-23-20-17-14-11-8-5-2/h7-8,10-11,16-21,25-29,32-35,37-38,40-41,50,53,56,58,60,86-88,92-93H,4-6,9,12-15,22-24,30-31,36,39,42-49,51-52,54-55,57,59,61-85H2,1-3H3,(H,97,98)(H,99,100)/b10-7-,11-8-,19-16-,20-17-,21-18-,28-25-,29-26-,34-32-,35-33-,38-37-,41-40-,53-50-,56-27-,60-58-. The van der Waals surface area contributed by atoms with Gasteiger partial charge in [-0.05, 0) is 154 Å². The lowest BCUT2D eigenvalue weighted by Crippen LogP contribution is -2.30. The fourth-order valence-corrected chi connectivity index (χ4v) is 12.6. The van der Waals surface area contributed by atoms with Crippen LogP contribution in [-0.4, -0.2) is 95.9 Å². The Morgan fingerprint density at radius 3 is 0.771 bits per heavy atom. The summed E-state index contributed by atoms with van der Waals surface area (Å²) >= 11 is 0. The normalized spacial score (nSPS) is 14.7. The van der Waals surface area contributed by atoms with Crippen LogP contribution >= 0.6 is 15.6 Å². The molecule has 0 aliphatic carbocycles. The zero-order valence-electron chi connectivity index (χ0n) is 68.2. The molecule has 5 unspecified atom stereocenters. The van der Waals surface area contributed by atoms with Crippen molar-refractivity contribution < 1.29 is 75.8 Å². The molecule has 16 nitrogen and oxygen atoms in total. The largest absolute Gasteiger partial charge is 0.472 e. The topological polar surface area (TPSA) is 231 Å². The minimum Gasteiger partial charge on any atom is -0.463 e. The zero-order valence-corrected chi connectivity index (χ0v) is 70.0. The van der Waals surface area contributed by atoms with Gasteiger partial charge in [-0.3, -0.25) is 32.5 Å². The van der Waals surface area contributed by atoms with E-state index >= 15 is 0 Å². The summed E-state index contributed by atoms with van der Waals surface area (Å²) < 4.78 is 61.2. The van der Waals surface area contributed by atoms with Crippen LogP contribution in [0.4, 0.5) is 0 Å². The van der Waals surface area contributed by atoms with Crippen LogP contribution in [0.3, 0.4) is 0 Å². The number of ether oxygens (including phenoxy) is 3. The van der Waals surface area contributed by atoms with Gasteiger partial charge in [-0.15, -0.1) is 0 Å². The van der Waals surface area contributed by atoms with Crippen molar-refractivity contribution in [3.8, 4) is 0 Å². The summed E-state index contributed by atoms with van der Waals surface area (Å²) in [5.41, 5.74) is 0. The minimum absolute atomic E-state index is 0.0781. The molecule has 0 rings (SSSR count). The highest BCUT2D eigenvalue weighted by molar-refractivity contribution is 7.47. The van der Waals surface area contributed by atoms with Crippen LogP contribution in [0.15, 0.2) is 170 Å². The molecular weight excluding hydrogens is 1410 g/mol. The SMILES string of the molecule is CC/C=C\C/C=C\C/C=C\C/C=C\C/C=C\C/C=C\CCCCCCCCCCCCCCCCCCC(=O)OCC(O)COP(=O)(O)OCC(O)COP(=O)(O)OCC(COC(=O)CCCCCC/C=C\C/C=C\C/C=C\C/C=C\C/C=C\C/C=C\CC)OC(=O)CCCCCCC/C=C\C/C=C\CCCCC. The molecule has 622 valence electrons. The van der Waals surface area contributed by atoms with E-state index in [1.54, 1.807) is 0 Å². The van der Waals surface area contributed by atoms with Crippen molar-refractivity contribution in [1.29, 1.82) is 0 Å². The van der Waals surface area contributed by atoms with Crippen LogP contribution in [0.25, 0.3) is 0 Å². The molecular formula is C91H152O16P2. The molecule has 0 aromatic carbocycles. The third-order valence-corrected chi connectivity index (χ3v) is 19.3. The molecule has 0 aliphatic heterocycles. The number of phosphoric acid groups is 2. The molecule has 0 saturated carbocycles. The van der Waals surface area contributed by atoms with Crippen LogP contribution < -0.4 is 0 Å². The number of carbonyl (C=O) groups excluding carboxylic acids is 3. The fourth-order valence-electron chi connectivity index (χ4n) is 11.0. The highest BCUT2D eigenvalue weighted by atomic mass is 31.2. The number of hydrogen-bond acceptors (Lipinski definition) is 14. The number of rotatable bonds is 79. The van der Waals surface area contributed by atoms with Crippen molar-refractivity contribution in [2.75, 3.05) is 39.6 Å². The second-order valence-electron chi connectivity index (χ2n) is 27.9. The Morgan fingerprint density at radius 2 is 0.486 bits per heavy atom. The van der Waals surface area contributed by atoms with Crippen molar-refractivity contribution in [3.63, 3.8) is 0 Å². The molecule has 4 N–H and O–H groups in total. The third-order valence-electron chi connectivity index (χ3n) is 17.4. The number of phosphoric ester groups is 2. The zero-order chi connectivity index (χ0) is 79.4. The molecule has 0 aliphatic rings. The lowest BCUT2D eigenvalue weighted by molar-refractivity contribution is -0.161. The Kier molecular flexibility index (Phi) is 78.5. The van der Waals surface area contributed by atoms with Crippen LogP contribution in [0.1, 0.15) is 329 Å². The summed E-state index contributed by atoms with van der Waals surface area (Å²) in [7, 11) is -9.81. The van der Waals surface area contributed by atoms with Gasteiger partial charge in [0.2, 0.25) is 0 Å². The summed E-state index contributed by atoms with van der Waals surface area (Å²) in [5, 5.41) is 20.7. The first-order valence-electron chi connectivity index (χ1n) is 42.4. The first-order chi connectivity index (χ1) is 53.2. The van der Waals surface area contributed by atoms with E-state index in [0.717, 1.165) is 167 Å². The van der Waals surface area contributed by atoms with Crippen LogP contribution in [0, 0.1) is 0 Å². The number of carbonyl (C=O) groups is 3. The van der Waals surface area contributed by atoms with Gasteiger partial charge in [-0.1, -0.05) is 326 Å². The Hall–Kier alpha value is -5.09. The van der Waals surface area contributed by atoms with Crippen molar-refractivity contribution in [2.24, 2.45) is 0 Å². The van der Waals surface area contributed by atoms with Crippen LogP contribution in [0.5, 0.6) is 0 Å². The maximum absolute atomic E-state index is 13.0. The molecule has 0 fully saturated rings. The Balaban J connectivity index is 4.48. The van der Waals surface area contributed by atoms with E-state index in [0.29, 0.717) is 19.3 Å². The Morgan fingerprint density at radius 1 is 0.266 bits per heavy atom. The molecule has 0 saturated heterocycles. The molecule has 18 heteroatoms.